The lowest BCUT2D eigenvalue weighted by Crippen LogP contribution is -2.16. The number of benzene rings is 2. The molecule has 1 aliphatic rings. The Balaban J connectivity index is 1.63. The highest BCUT2D eigenvalue weighted by atomic mass is 16.6. The van der Waals surface area contributed by atoms with Gasteiger partial charge in [-0.1, -0.05) is 23.8 Å². The zero-order chi connectivity index (χ0) is 20.1. The average molecular weight is 382 g/mol. The Hall–Kier alpha value is -3.28. The number of hydrogen-bond acceptors (Lipinski definition) is 6. The number of methoxy groups -OCH3 is 1. The quantitative estimate of drug-likeness (QED) is 0.432. The van der Waals surface area contributed by atoms with Crippen molar-refractivity contribution in [3.8, 4) is 17.2 Å². The molecule has 0 aliphatic carbocycles. The molecule has 2 aromatic rings. The molecule has 0 atom stereocenters. The van der Waals surface area contributed by atoms with Gasteiger partial charge < -0.3 is 18.9 Å². The van der Waals surface area contributed by atoms with Crippen LogP contribution in [0.15, 0.2) is 36.4 Å². The molecule has 146 valence electrons. The van der Waals surface area contributed by atoms with Crippen LogP contribution < -0.4 is 14.2 Å². The second kappa shape index (κ2) is 8.61. The van der Waals surface area contributed by atoms with Crippen molar-refractivity contribution >= 4 is 17.8 Å². The van der Waals surface area contributed by atoms with Crippen LogP contribution in [0, 0.1) is 13.8 Å². The minimum atomic E-state index is -0.605. The maximum Gasteiger partial charge on any atom is 0.331 e. The molecule has 0 bridgehead atoms. The van der Waals surface area contributed by atoms with Gasteiger partial charge in [0.2, 0.25) is 11.5 Å². The number of Topliss-reactive ketones (excluding diaryl/α,β-unsaturated/α-hetero) is 1. The molecule has 0 saturated carbocycles. The van der Waals surface area contributed by atoms with Gasteiger partial charge in [-0.15, -0.1) is 0 Å². The maximum absolute atomic E-state index is 12.3. The third-order valence-electron chi connectivity index (χ3n) is 4.29. The van der Waals surface area contributed by atoms with E-state index in [9.17, 15) is 9.59 Å². The summed E-state index contributed by atoms with van der Waals surface area (Å²) in [5, 5.41) is 0. The number of rotatable bonds is 6. The lowest BCUT2D eigenvalue weighted by molar-refractivity contribution is -0.136. The molecule has 0 spiro atoms. The molecule has 3 rings (SSSR count). The van der Waals surface area contributed by atoms with Crippen molar-refractivity contribution in [2.75, 3.05) is 26.9 Å². The van der Waals surface area contributed by atoms with E-state index in [4.69, 9.17) is 18.9 Å². The molecule has 0 amide bonds. The molecule has 1 heterocycles. The lowest BCUT2D eigenvalue weighted by atomic mass is 10.0. The van der Waals surface area contributed by atoms with E-state index in [1.54, 1.807) is 24.3 Å². The van der Waals surface area contributed by atoms with E-state index in [0.29, 0.717) is 41.6 Å². The number of esters is 1. The summed E-state index contributed by atoms with van der Waals surface area (Å²) < 4.78 is 21.5. The van der Waals surface area contributed by atoms with E-state index in [1.165, 1.54) is 13.2 Å². The Labute approximate surface area is 163 Å². The number of carbonyl (C=O) groups excluding carboxylic acids is 2. The summed E-state index contributed by atoms with van der Waals surface area (Å²) in [6.07, 6.45) is 2.84. The van der Waals surface area contributed by atoms with Gasteiger partial charge in [-0.3, -0.25) is 4.79 Å². The summed E-state index contributed by atoms with van der Waals surface area (Å²) in [4.78, 5) is 24.2. The van der Waals surface area contributed by atoms with E-state index in [1.807, 2.05) is 26.0 Å². The third-order valence-corrected chi connectivity index (χ3v) is 4.29. The van der Waals surface area contributed by atoms with Crippen LogP contribution in [0.2, 0.25) is 0 Å². The first-order valence-corrected chi connectivity index (χ1v) is 8.91. The largest absolute Gasteiger partial charge is 0.493 e. The van der Waals surface area contributed by atoms with Crippen molar-refractivity contribution in [2.45, 2.75) is 13.8 Å². The molecule has 0 saturated heterocycles. The van der Waals surface area contributed by atoms with Gasteiger partial charge in [0, 0.05) is 11.6 Å². The van der Waals surface area contributed by atoms with E-state index < -0.39 is 5.97 Å². The molecule has 0 fully saturated rings. The van der Waals surface area contributed by atoms with Gasteiger partial charge in [-0.2, -0.15) is 0 Å². The summed E-state index contributed by atoms with van der Waals surface area (Å²) in [6.45, 7) is 4.42. The van der Waals surface area contributed by atoms with Crippen LogP contribution in [-0.4, -0.2) is 38.7 Å². The number of hydrogen-bond donors (Lipinski definition) is 0. The summed E-state index contributed by atoms with van der Waals surface area (Å²) >= 11 is 0. The highest BCUT2D eigenvalue weighted by Crippen LogP contribution is 2.40. The molecule has 2 aromatic carbocycles. The fourth-order valence-corrected chi connectivity index (χ4v) is 2.94. The molecular weight excluding hydrogens is 360 g/mol. The second-order valence-electron chi connectivity index (χ2n) is 6.43. The van der Waals surface area contributed by atoms with E-state index in [2.05, 4.69) is 0 Å². The Bertz CT molecular complexity index is 912. The van der Waals surface area contributed by atoms with Crippen molar-refractivity contribution in [3.63, 3.8) is 0 Å². The molecule has 6 nitrogen and oxygen atoms in total. The first-order valence-electron chi connectivity index (χ1n) is 8.91. The Morgan fingerprint density at radius 3 is 2.64 bits per heavy atom. The van der Waals surface area contributed by atoms with Crippen LogP contribution >= 0.6 is 0 Å². The zero-order valence-corrected chi connectivity index (χ0v) is 16.1. The van der Waals surface area contributed by atoms with Crippen LogP contribution in [-0.2, 0) is 9.53 Å². The standard InChI is InChI=1S/C22H22O6/c1-14-4-6-17(15(2)10-14)18(23)13-28-21(24)7-5-16-11-19(25-3)22-20(12-16)26-8-9-27-22/h4-7,10-12H,8-9,13H2,1-3H3/b7-5+. The smallest absolute Gasteiger partial charge is 0.331 e. The Morgan fingerprint density at radius 1 is 1.11 bits per heavy atom. The van der Waals surface area contributed by atoms with Crippen LogP contribution in [0.4, 0.5) is 0 Å². The lowest BCUT2D eigenvalue weighted by Gasteiger charge is -2.20. The van der Waals surface area contributed by atoms with Gasteiger partial charge in [0.05, 0.1) is 7.11 Å². The first-order chi connectivity index (χ1) is 13.5. The molecular formula is C22H22O6. The van der Waals surface area contributed by atoms with Crippen LogP contribution in [0.3, 0.4) is 0 Å². The number of fused-ring (bicyclic) bond motifs is 1. The predicted octanol–water partition coefficient (Wildman–Crippen LogP) is 3.52. The maximum atomic E-state index is 12.3. The molecule has 28 heavy (non-hydrogen) atoms. The van der Waals surface area contributed by atoms with Crippen LogP contribution in [0.5, 0.6) is 17.2 Å². The summed E-state index contributed by atoms with van der Waals surface area (Å²) in [5.41, 5.74) is 3.18. The Morgan fingerprint density at radius 2 is 1.89 bits per heavy atom. The van der Waals surface area contributed by atoms with Crippen molar-refractivity contribution in [1.29, 1.82) is 0 Å². The van der Waals surface area contributed by atoms with Crippen LogP contribution in [0.25, 0.3) is 6.08 Å². The van der Waals surface area contributed by atoms with Crippen molar-refractivity contribution in [2.24, 2.45) is 0 Å². The summed E-state index contributed by atoms with van der Waals surface area (Å²) in [6, 6.07) is 9.01. The number of aryl methyl sites for hydroxylation is 2. The first kappa shape index (κ1) is 19.5. The summed E-state index contributed by atoms with van der Waals surface area (Å²) in [5.74, 6) is 0.790. The Kier molecular flexibility index (Phi) is 5.99. The molecule has 0 aromatic heterocycles. The van der Waals surface area contributed by atoms with Crippen molar-refractivity contribution < 1.29 is 28.5 Å². The monoisotopic (exact) mass is 382 g/mol. The fourth-order valence-electron chi connectivity index (χ4n) is 2.94. The third kappa shape index (κ3) is 4.52. The van der Waals surface area contributed by atoms with E-state index >= 15 is 0 Å². The predicted molar refractivity (Wildman–Crippen MR) is 104 cm³/mol. The van der Waals surface area contributed by atoms with Gasteiger partial charge in [-0.05, 0) is 43.2 Å². The molecule has 0 unspecified atom stereocenters. The minimum Gasteiger partial charge on any atom is -0.493 e. The average Bonchev–Trinajstić information content (AvgIpc) is 2.69. The number of carbonyl (C=O) groups is 2. The molecule has 6 heteroatoms. The minimum absolute atomic E-state index is 0.236. The van der Waals surface area contributed by atoms with E-state index in [-0.39, 0.29) is 12.4 Å². The van der Waals surface area contributed by atoms with Gasteiger partial charge in [0.15, 0.2) is 18.1 Å². The highest BCUT2D eigenvalue weighted by molar-refractivity contribution is 6.00. The molecule has 0 N–H and O–H groups in total. The van der Waals surface area contributed by atoms with Crippen LogP contribution in [0.1, 0.15) is 27.0 Å². The highest BCUT2D eigenvalue weighted by Gasteiger charge is 2.18. The zero-order valence-electron chi connectivity index (χ0n) is 16.1. The topological polar surface area (TPSA) is 71.1 Å². The fraction of sp³-hybridized carbons (Fsp3) is 0.273. The molecule has 1 aliphatic heterocycles. The van der Waals surface area contributed by atoms with Gasteiger partial charge >= 0.3 is 5.97 Å². The summed E-state index contributed by atoms with van der Waals surface area (Å²) in [7, 11) is 1.54. The normalized spacial score (nSPS) is 12.7. The van der Waals surface area contributed by atoms with Gasteiger partial charge in [-0.25, -0.2) is 4.79 Å². The second-order valence-corrected chi connectivity index (χ2v) is 6.43. The number of ketones is 1. The molecule has 0 radical (unpaired) electrons. The van der Waals surface area contributed by atoms with Crippen molar-refractivity contribution in [1.82, 2.24) is 0 Å². The van der Waals surface area contributed by atoms with Gasteiger partial charge in [0.1, 0.15) is 13.2 Å². The van der Waals surface area contributed by atoms with Gasteiger partial charge in [0.25, 0.3) is 0 Å². The SMILES string of the molecule is COc1cc(/C=C/C(=O)OCC(=O)c2ccc(C)cc2C)cc2c1OCCO2. The van der Waals surface area contributed by atoms with E-state index in [0.717, 1.165) is 11.1 Å². The number of ether oxygens (including phenoxy) is 4. The van der Waals surface area contributed by atoms with Crippen molar-refractivity contribution in [3.05, 3.63) is 58.7 Å².